The summed E-state index contributed by atoms with van der Waals surface area (Å²) in [6, 6.07) is -1.43. The summed E-state index contributed by atoms with van der Waals surface area (Å²) >= 11 is 0. The standard InChI is InChI=1S/C27H42N2O6/c1-6-11-16-28(15-8-3)24(32)22-27-14-13-26(10-5,35-27)21(25(33)34-17-12-7-2)20(27)23(31)29(22)19(9-4)18-30/h7-8,19-22,30H,2-3,6,9-18H2,1,4-5H3/t19-,20-,21+,22?,26-,27?/m0/s1. The number of amides is 2. The highest BCUT2D eigenvalue weighted by Crippen LogP contribution is 2.64. The first-order valence-corrected chi connectivity index (χ1v) is 13.1. The minimum Gasteiger partial charge on any atom is -0.465 e. The van der Waals surface area contributed by atoms with Crippen LogP contribution in [-0.2, 0) is 23.9 Å². The zero-order valence-corrected chi connectivity index (χ0v) is 21.5. The number of aliphatic hydroxyl groups excluding tert-OH is 1. The quantitative estimate of drug-likeness (QED) is 0.229. The average Bonchev–Trinajstić information content (AvgIpc) is 3.46. The van der Waals surface area contributed by atoms with Gasteiger partial charge in [0.15, 0.2) is 0 Å². The lowest BCUT2D eigenvalue weighted by molar-refractivity contribution is -0.163. The summed E-state index contributed by atoms with van der Waals surface area (Å²) in [6.45, 7) is 14.2. The van der Waals surface area contributed by atoms with Crippen molar-refractivity contribution in [2.45, 2.75) is 89.0 Å². The Bertz CT molecular complexity index is 826. The van der Waals surface area contributed by atoms with Crippen LogP contribution >= 0.6 is 0 Å². The van der Waals surface area contributed by atoms with Crippen molar-refractivity contribution in [3.8, 4) is 0 Å². The van der Waals surface area contributed by atoms with Crippen molar-refractivity contribution < 1.29 is 29.0 Å². The molecule has 0 aromatic rings. The maximum absolute atomic E-state index is 14.1. The molecule has 0 radical (unpaired) electrons. The van der Waals surface area contributed by atoms with Crippen LogP contribution < -0.4 is 0 Å². The van der Waals surface area contributed by atoms with Gasteiger partial charge in [-0.3, -0.25) is 14.4 Å². The van der Waals surface area contributed by atoms with Crippen molar-refractivity contribution in [1.29, 1.82) is 0 Å². The van der Waals surface area contributed by atoms with E-state index in [2.05, 4.69) is 20.1 Å². The third kappa shape index (κ3) is 4.44. The molecule has 0 aliphatic carbocycles. The van der Waals surface area contributed by atoms with Gasteiger partial charge < -0.3 is 24.4 Å². The van der Waals surface area contributed by atoms with Crippen molar-refractivity contribution in [2.75, 3.05) is 26.3 Å². The van der Waals surface area contributed by atoms with Gasteiger partial charge in [0.2, 0.25) is 11.8 Å². The molecule has 8 heteroatoms. The summed E-state index contributed by atoms with van der Waals surface area (Å²) in [5, 5.41) is 10.2. The van der Waals surface area contributed by atoms with E-state index in [4.69, 9.17) is 9.47 Å². The predicted octanol–water partition coefficient (Wildman–Crippen LogP) is 2.85. The fourth-order valence-corrected chi connectivity index (χ4v) is 6.40. The average molecular weight is 491 g/mol. The molecule has 35 heavy (non-hydrogen) atoms. The molecule has 1 N–H and O–H groups in total. The van der Waals surface area contributed by atoms with Gasteiger partial charge in [0.1, 0.15) is 17.6 Å². The lowest BCUT2D eigenvalue weighted by atomic mass is 9.65. The highest BCUT2D eigenvalue weighted by molar-refractivity contribution is 5.98. The van der Waals surface area contributed by atoms with Crippen LogP contribution in [-0.4, -0.2) is 82.3 Å². The molecule has 6 atom stereocenters. The summed E-state index contributed by atoms with van der Waals surface area (Å²) in [4.78, 5) is 44.8. The molecule has 196 valence electrons. The molecule has 3 heterocycles. The molecule has 2 unspecified atom stereocenters. The van der Waals surface area contributed by atoms with E-state index in [1.807, 2.05) is 13.8 Å². The van der Waals surface area contributed by atoms with Crippen molar-refractivity contribution in [3.63, 3.8) is 0 Å². The molecule has 1 spiro atoms. The van der Waals surface area contributed by atoms with Gasteiger partial charge in [0.25, 0.3) is 0 Å². The molecular weight excluding hydrogens is 448 g/mol. The highest BCUT2D eigenvalue weighted by atomic mass is 16.6. The molecule has 3 aliphatic rings. The smallest absolute Gasteiger partial charge is 0.312 e. The third-order valence-electron chi connectivity index (χ3n) is 8.19. The zero-order valence-electron chi connectivity index (χ0n) is 21.5. The Hall–Kier alpha value is -2.19. The van der Waals surface area contributed by atoms with Crippen LogP contribution in [0.5, 0.6) is 0 Å². The van der Waals surface area contributed by atoms with Crippen LogP contribution in [0.2, 0.25) is 0 Å². The summed E-state index contributed by atoms with van der Waals surface area (Å²) in [6.07, 6.45) is 7.76. The Kier molecular flexibility index (Phi) is 8.81. The van der Waals surface area contributed by atoms with E-state index in [-0.39, 0.29) is 25.0 Å². The predicted molar refractivity (Wildman–Crippen MR) is 132 cm³/mol. The van der Waals surface area contributed by atoms with Crippen molar-refractivity contribution >= 4 is 17.8 Å². The Morgan fingerprint density at radius 3 is 2.60 bits per heavy atom. The number of hydrogen-bond acceptors (Lipinski definition) is 6. The van der Waals surface area contributed by atoms with Crippen LogP contribution in [0.3, 0.4) is 0 Å². The molecule has 2 bridgehead atoms. The van der Waals surface area contributed by atoms with Crippen LogP contribution in [0, 0.1) is 11.8 Å². The van der Waals surface area contributed by atoms with Crippen LogP contribution in [0.25, 0.3) is 0 Å². The van der Waals surface area contributed by atoms with E-state index in [0.717, 1.165) is 12.8 Å². The number of esters is 1. The zero-order chi connectivity index (χ0) is 25.8. The van der Waals surface area contributed by atoms with E-state index < -0.39 is 41.1 Å². The van der Waals surface area contributed by atoms with E-state index in [0.29, 0.717) is 45.2 Å². The number of likely N-dealkylation sites (tertiary alicyclic amines) is 1. The number of unbranched alkanes of at least 4 members (excludes halogenated alkanes) is 1. The highest BCUT2D eigenvalue weighted by Gasteiger charge is 2.79. The number of carbonyl (C=O) groups is 3. The lowest BCUT2D eigenvalue weighted by Gasteiger charge is -2.39. The van der Waals surface area contributed by atoms with Gasteiger partial charge >= 0.3 is 5.97 Å². The molecule has 0 aromatic carbocycles. The largest absolute Gasteiger partial charge is 0.465 e. The fraction of sp³-hybridized carbons (Fsp3) is 0.741. The van der Waals surface area contributed by atoms with Crippen molar-refractivity contribution in [2.24, 2.45) is 11.8 Å². The SMILES string of the molecule is C=CCCOC(=O)[C@H]1[C@H]2C(=O)N([C@@H](CC)CO)C(C(=O)N(CC=C)CCCC)C23CC[C@]1(CC)O3. The van der Waals surface area contributed by atoms with Crippen molar-refractivity contribution in [1.82, 2.24) is 9.80 Å². The number of hydrogen-bond donors (Lipinski definition) is 1. The fourth-order valence-electron chi connectivity index (χ4n) is 6.40. The molecular formula is C27H42N2O6. The monoisotopic (exact) mass is 490 g/mol. The number of ether oxygens (including phenoxy) is 2. The van der Waals surface area contributed by atoms with E-state index in [1.54, 1.807) is 17.1 Å². The van der Waals surface area contributed by atoms with Crippen LogP contribution in [0.1, 0.15) is 65.7 Å². The molecule has 2 amide bonds. The van der Waals surface area contributed by atoms with Gasteiger partial charge in [-0.15, -0.1) is 13.2 Å². The number of aliphatic hydroxyl groups is 1. The Balaban J connectivity index is 2.08. The van der Waals surface area contributed by atoms with Crippen LogP contribution in [0.4, 0.5) is 0 Å². The minimum absolute atomic E-state index is 0.191. The molecule has 3 aliphatic heterocycles. The second-order valence-electron chi connectivity index (χ2n) is 9.99. The number of nitrogens with zero attached hydrogens (tertiary/aromatic N) is 2. The molecule has 3 rings (SSSR count). The summed E-state index contributed by atoms with van der Waals surface area (Å²) in [5.41, 5.74) is -1.94. The first kappa shape index (κ1) is 27.4. The van der Waals surface area contributed by atoms with Gasteiger partial charge in [-0.2, -0.15) is 0 Å². The molecule has 8 nitrogen and oxygen atoms in total. The number of rotatable bonds is 14. The van der Waals surface area contributed by atoms with E-state index >= 15 is 0 Å². The Morgan fingerprint density at radius 2 is 2.03 bits per heavy atom. The molecule has 3 fully saturated rings. The lowest BCUT2D eigenvalue weighted by Crippen LogP contribution is -2.59. The first-order valence-electron chi connectivity index (χ1n) is 13.1. The topological polar surface area (TPSA) is 96.4 Å². The maximum Gasteiger partial charge on any atom is 0.312 e. The Labute approximate surface area is 209 Å². The maximum atomic E-state index is 14.1. The van der Waals surface area contributed by atoms with E-state index in [9.17, 15) is 19.5 Å². The number of fused-ring (bicyclic) bond motifs is 1. The van der Waals surface area contributed by atoms with Crippen molar-refractivity contribution in [3.05, 3.63) is 25.3 Å². The first-order chi connectivity index (χ1) is 16.8. The molecule has 0 aromatic heterocycles. The van der Waals surface area contributed by atoms with Gasteiger partial charge in [0, 0.05) is 13.1 Å². The van der Waals surface area contributed by atoms with Crippen LogP contribution in [0.15, 0.2) is 25.3 Å². The second-order valence-corrected chi connectivity index (χ2v) is 9.99. The molecule has 3 saturated heterocycles. The van der Waals surface area contributed by atoms with Gasteiger partial charge in [-0.05, 0) is 38.5 Å². The van der Waals surface area contributed by atoms with Gasteiger partial charge in [-0.1, -0.05) is 39.3 Å². The summed E-state index contributed by atoms with van der Waals surface area (Å²) in [7, 11) is 0. The molecule has 0 saturated carbocycles. The third-order valence-corrected chi connectivity index (χ3v) is 8.19. The van der Waals surface area contributed by atoms with Gasteiger partial charge in [0.05, 0.1) is 30.8 Å². The number of carbonyl (C=O) groups excluding carboxylic acids is 3. The normalized spacial score (nSPS) is 31.8. The van der Waals surface area contributed by atoms with E-state index in [1.165, 1.54) is 4.90 Å². The summed E-state index contributed by atoms with van der Waals surface area (Å²) < 4.78 is 12.3. The minimum atomic E-state index is -1.11. The van der Waals surface area contributed by atoms with Gasteiger partial charge in [-0.25, -0.2) is 0 Å². The summed E-state index contributed by atoms with van der Waals surface area (Å²) in [5.74, 6) is -2.53. The Morgan fingerprint density at radius 1 is 1.29 bits per heavy atom. The second kappa shape index (κ2) is 11.2.